The van der Waals surface area contributed by atoms with Gasteiger partial charge in [0.25, 0.3) is 0 Å². The fourth-order valence-corrected chi connectivity index (χ4v) is 2.21. The molecule has 0 spiro atoms. The topological polar surface area (TPSA) is 81.8 Å². The number of azo groups is 1. The normalized spacial score (nSPS) is 12.1. The molecule has 0 heterocycles. The Morgan fingerprint density at radius 3 is 2.44 bits per heavy atom. The van der Waals surface area contributed by atoms with Gasteiger partial charge in [0, 0.05) is 12.5 Å². The molecule has 0 atom stereocenters. The molecule has 2 aromatic rings. The zero-order valence-electron chi connectivity index (χ0n) is 15.7. The molecule has 2 rings (SSSR count). The number of carbonyl (C=O) groups excluding carboxylic acids is 1. The minimum atomic E-state index is -0.506. The molecule has 27 heavy (non-hydrogen) atoms. The number of carbonyl (C=O) groups is 1. The van der Waals surface area contributed by atoms with Crippen molar-refractivity contribution in [2.24, 2.45) is 15.4 Å². The first-order valence-corrected chi connectivity index (χ1v) is 8.16. The summed E-state index contributed by atoms with van der Waals surface area (Å²) in [7, 11) is 2.77. The van der Waals surface area contributed by atoms with Crippen molar-refractivity contribution in [1.82, 2.24) is 0 Å². The van der Waals surface area contributed by atoms with Gasteiger partial charge in [0.2, 0.25) is 0 Å². The number of methoxy groups -OCH3 is 2. The summed E-state index contributed by atoms with van der Waals surface area (Å²) in [5, 5.41) is 12.1. The Morgan fingerprint density at radius 1 is 1.04 bits per heavy atom. The fraction of sp³-hybridized carbons (Fsp3) is 0.200. The number of oxime groups is 1. The van der Waals surface area contributed by atoms with Crippen LogP contribution in [0.15, 0.2) is 70.2 Å². The Bertz CT molecular complexity index is 874. The van der Waals surface area contributed by atoms with Gasteiger partial charge in [-0.05, 0) is 30.7 Å². The van der Waals surface area contributed by atoms with E-state index in [0.29, 0.717) is 22.7 Å². The van der Waals surface area contributed by atoms with Crippen molar-refractivity contribution in [3.05, 3.63) is 65.9 Å². The molecular weight excluding hydrogens is 346 g/mol. The molecule has 0 aliphatic rings. The summed E-state index contributed by atoms with van der Waals surface area (Å²) in [5.74, 6) is 0.324. The Morgan fingerprint density at radius 2 is 1.78 bits per heavy atom. The van der Waals surface area contributed by atoms with Crippen LogP contribution in [0.1, 0.15) is 18.1 Å². The van der Waals surface area contributed by atoms with Crippen molar-refractivity contribution < 1.29 is 19.1 Å². The standard InChI is InChI=1S/C20H21N3O4/c1-14-17(18(13-25-3)20(24)26-4)11-8-12-19(14)27-23-15(2)21-22-16-9-6-5-7-10-16/h5-13H,1-4H3/b18-13+,22-21?,23-15-. The molecule has 0 amide bonds. The van der Waals surface area contributed by atoms with Crippen LogP contribution < -0.4 is 4.84 Å². The van der Waals surface area contributed by atoms with E-state index in [9.17, 15) is 4.79 Å². The molecule has 0 aliphatic carbocycles. The molecule has 0 radical (unpaired) electrons. The first-order chi connectivity index (χ1) is 13.1. The van der Waals surface area contributed by atoms with Crippen molar-refractivity contribution in [1.29, 1.82) is 0 Å². The van der Waals surface area contributed by atoms with E-state index in [0.717, 1.165) is 5.69 Å². The molecule has 2 aromatic carbocycles. The maximum Gasteiger partial charge on any atom is 0.341 e. The molecule has 7 nitrogen and oxygen atoms in total. The van der Waals surface area contributed by atoms with Crippen LogP contribution in [0, 0.1) is 6.92 Å². The Hall–Kier alpha value is -3.48. The van der Waals surface area contributed by atoms with E-state index in [1.807, 2.05) is 37.3 Å². The first-order valence-electron chi connectivity index (χ1n) is 8.16. The molecule has 0 unspecified atom stereocenters. The predicted molar refractivity (Wildman–Crippen MR) is 103 cm³/mol. The van der Waals surface area contributed by atoms with E-state index in [4.69, 9.17) is 14.3 Å². The van der Waals surface area contributed by atoms with Gasteiger partial charge in [-0.15, -0.1) is 10.2 Å². The van der Waals surface area contributed by atoms with Gasteiger partial charge in [0.1, 0.15) is 5.57 Å². The largest absolute Gasteiger partial charge is 0.503 e. The average molecular weight is 367 g/mol. The van der Waals surface area contributed by atoms with Gasteiger partial charge in [0.05, 0.1) is 26.2 Å². The van der Waals surface area contributed by atoms with E-state index in [-0.39, 0.29) is 5.57 Å². The lowest BCUT2D eigenvalue weighted by Crippen LogP contribution is -2.06. The number of nitrogens with zero attached hydrogens (tertiary/aromatic N) is 3. The average Bonchev–Trinajstić information content (AvgIpc) is 2.70. The molecule has 0 saturated heterocycles. The van der Waals surface area contributed by atoms with Crippen LogP contribution >= 0.6 is 0 Å². The molecular formula is C20H21N3O4. The Balaban J connectivity index is 2.21. The van der Waals surface area contributed by atoms with E-state index < -0.39 is 5.97 Å². The van der Waals surface area contributed by atoms with Gasteiger partial charge in [-0.3, -0.25) is 0 Å². The van der Waals surface area contributed by atoms with Gasteiger partial charge in [-0.2, -0.15) is 0 Å². The number of benzene rings is 2. The van der Waals surface area contributed by atoms with Gasteiger partial charge in [0.15, 0.2) is 11.6 Å². The third kappa shape index (κ3) is 5.50. The summed E-state index contributed by atoms with van der Waals surface area (Å²) in [5.41, 5.74) is 2.34. The van der Waals surface area contributed by atoms with Gasteiger partial charge in [-0.1, -0.05) is 35.5 Å². The number of ether oxygens (including phenoxy) is 2. The van der Waals surface area contributed by atoms with Crippen LogP contribution in [0.25, 0.3) is 5.57 Å². The second-order valence-corrected chi connectivity index (χ2v) is 5.45. The molecule has 0 N–H and O–H groups in total. The third-order valence-electron chi connectivity index (χ3n) is 3.56. The van der Waals surface area contributed by atoms with Crippen molar-refractivity contribution in [3.8, 4) is 5.75 Å². The lowest BCUT2D eigenvalue weighted by molar-refractivity contribution is -0.133. The van der Waals surface area contributed by atoms with Crippen LogP contribution in [0.3, 0.4) is 0 Å². The van der Waals surface area contributed by atoms with Crippen molar-refractivity contribution in [3.63, 3.8) is 0 Å². The second kappa shape index (κ2) is 9.86. The summed E-state index contributed by atoms with van der Waals surface area (Å²) in [6, 6.07) is 14.6. The van der Waals surface area contributed by atoms with Gasteiger partial charge >= 0.3 is 5.97 Å². The molecule has 140 valence electrons. The molecule has 0 bridgehead atoms. The van der Waals surface area contributed by atoms with Crippen LogP contribution in [-0.4, -0.2) is 26.0 Å². The smallest absolute Gasteiger partial charge is 0.341 e. The Kier molecular flexibility index (Phi) is 7.25. The van der Waals surface area contributed by atoms with Crippen molar-refractivity contribution in [2.75, 3.05) is 14.2 Å². The van der Waals surface area contributed by atoms with Crippen LogP contribution in [0.4, 0.5) is 5.69 Å². The minimum absolute atomic E-state index is 0.285. The molecule has 0 aliphatic heterocycles. The summed E-state index contributed by atoms with van der Waals surface area (Å²) >= 11 is 0. The Labute approximate surface area is 158 Å². The van der Waals surface area contributed by atoms with Crippen LogP contribution in [-0.2, 0) is 14.3 Å². The third-order valence-corrected chi connectivity index (χ3v) is 3.56. The number of esters is 1. The highest BCUT2D eigenvalue weighted by atomic mass is 16.6. The zero-order chi connectivity index (χ0) is 19.6. The number of hydrogen-bond acceptors (Lipinski definition) is 6. The summed E-state index contributed by atoms with van der Waals surface area (Å²) in [6.07, 6.45) is 1.33. The van der Waals surface area contributed by atoms with Crippen molar-refractivity contribution in [2.45, 2.75) is 13.8 Å². The minimum Gasteiger partial charge on any atom is -0.503 e. The molecule has 0 fully saturated rings. The number of rotatable bonds is 6. The monoisotopic (exact) mass is 367 g/mol. The number of amidine groups is 1. The van der Waals surface area contributed by atoms with E-state index in [1.54, 1.807) is 25.1 Å². The predicted octanol–water partition coefficient (Wildman–Crippen LogP) is 4.65. The fourth-order valence-electron chi connectivity index (χ4n) is 2.21. The molecule has 7 heteroatoms. The highest BCUT2D eigenvalue weighted by Crippen LogP contribution is 2.28. The van der Waals surface area contributed by atoms with E-state index >= 15 is 0 Å². The molecule has 0 aromatic heterocycles. The van der Waals surface area contributed by atoms with Crippen molar-refractivity contribution >= 4 is 23.1 Å². The van der Waals surface area contributed by atoms with Crippen LogP contribution in [0.5, 0.6) is 5.75 Å². The second-order valence-electron chi connectivity index (χ2n) is 5.45. The number of hydrogen-bond donors (Lipinski definition) is 0. The lowest BCUT2D eigenvalue weighted by atomic mass is 10.0. The SMILES string of the molecule is CO/C=C(/C(=O)OC)c1cccc(O/N=C(/C)N=Nc2ccccc2)c1C. The lowest BCUT2D eigenvalue weighted by Gasteiger charge is -2.11. The van der Waals surface area contributed by atoms with E-state index in [1.165, 1.54) is 20.5 Å². The summed E-state index contributed by atoms with van der Waals surface area (Å²) in [4.78, 5) is 17.5. The quantitative estimate of drug-likeness (QED) is 0.141. The van der Waals surface area contributed by atoms with Crippen LogP contribution in [0.2, 0.25) is 0 Å². The zero-order valence-corrected chi connectivity index (χ0v) is 15.7. The van der Waals surface area contributed by atoms with E-state index in [2.05, 4.69) is 15.4 Å². The van der Waals surface area contributed by atoms with Gasteiger partial charge in [-0.25, -0.2) is 4.79 Å². The maximum atomic E-state index is 12.0. The highest BCUT2D eigenvalue weighted by molar-refractivity contribution is 6.16. The maximum absolute atomic E-state index is 12.0. The first kappa shape index (κ1) is 19.8. The summed E-state index contributed by atoms with van der Waals surface area (Å²) < 4.78 is 9.79. The highest BCUT2D eigenvalue weighted by Gasteiger charge is 2.17. The summed E-state index contributed by atoms with van der Waals surface area (Å²) in [6.45, 7) is 3.49. The molecule has 0 saturated carbocycles. The van der Waals surface area contributed by atoms with Gasteiger partial charge < -0.3 is 14.3 Å².